The molecule has 0 atom stereocenters. The molecule has 37 heavy (non-hydrogen) atoms. The number of hydrogen-bond donors (Lipinski definition) is 0. The lowest BCUT2D eigenvalue weighted by atomic mass is 9.83. The van der Waals surface area contributed by atoms with Crippen molar-refractivity contribution in [1.29, 1.82) is 0 Å². The van der Waals surface area contributed by atoms with E-state index < -0.39 is 0 Å². The van der Waals surface area contributed by atoms with Crippen LogP contribution in [0.15, 0.2) is 120 Å². The van der Waals surface area contributed by atoms with Crippen LogP contribution in [0.25, 0.3) is 65.3 Å². The Morgan fingerprint density at radius 1 is 0.378 bits per heavy atom. The fourth-order valence-corrected chi connectivity index (χ4v) is 6.45. The molecule has 7 aromatic rings. The van der Waals surface area contributed by atoms with Crippen molar-refractivity contribution in [3.05, 3.63) is 131 Å². The molecular formula is C36H25Br. The fraction of sp³-hybridized carbons (Fsp3) is 0.0556. The number of halogens is 1. The lowest BCUT2D eigenvalue weighted by molar-refractivity contribution is 1.48. The van der Waals surface area contributed by atoms with Crippen LogP contribution >= 0.6 is 15.9 Å². The maximum Gasteiger partial charge on any atom is 0.0210 e. The van der Waals surface area contributed by atoms with Crippen LogP contribution in [0.3, 0.4) is 0 Å². The monoisotopic (exact) mass is 536 g/mol. The van der Waals surface area contributed by atoms with Crippen LogP contribution in [0, 0.1) is 13.8 Å². The maximum atomic E-state index is 3.71. The van der Waals surface area contributed by atoms with Crippen molar-refractivity contribution in [3.63, 3.8) is 0 Å². The summed E-state index contributed by atoms with van der Waals surface area (Å²) in [6.45, 7) is 4.47. The fourth-order valence-electron chi connectivity index (χ4n) is 6.10. The molecule has 0 fully saturated rings. The predicted molar refractivity (Wildman–Crippen MR) is 165 cm³/mol. The topological polar surface area (TPSA) is 0 Å². The third-order valence-corrected chi connectivity index (χ3v) is 8.79. The van der Waals surface area contributed by atoms with E-state index in [1.165, 1.54) is 76.5 Å². The largest absolute Gasteiger partial charge is 0.0622 e. The molecule has 0 bridgehead atoms. The number of fused-ring (bicyclic) bond motifs is 5. The lowest BCUT2D eigenvalue weighted by Gasteiger charge is -2.20. The molecule has 0 N–H and O–H groups in total. The van der Waals surface area contributed by atoms with E-state index in [9.17, 15) is 0 Å². The summed E-state index contributed by atoms with van der Waals surface area (Å²) in [7, 11) is 0. The first-order chi connectivity index (χ1) is 18.1. The van der Waals surface area contributed by atoms with Crippen LogP contribution in [-0.2, 0) is 0 Å². The number of aryl methyl sites for hydroxylation is 2. The van der Waals surface area contributed by atoms with E-state index in [1.807, 2.05) is 0 Å². The van der Waals surface area contributed by atoms with Crippen molar-refractivity contribution in [2.75, 3.05) is 0 Å². The Kier molecular flexibility index (Phi) is 5.16. The van der Waals surface area contributed by atoms with Crippen LogP contribution in [0.2, 0.25) is 0 Å². The van der Waals surface area contributed by atoms with Crippen molar-refractivity contribution in [1.82, 2.24) is 0 Å². The van der Waals surface area contributed by atoms with E-state index in [1.54, 1.807) is 0 Å². The van der Waals surface area contributed by atoms with E-state index >= 15 is 0 Å². The molecule has 176 valence electrons. The Balaban J connectivity index is 1.61. The minimum atomic E-state index is 1.16. The van der Waals surface area contributed by atoms with Gasteiger partial charge in [0.1, 0.15) is 0 Å². The van der Waals surface area contributed by atoms with E-state index in [4.69, 9.17) is 0 Å². The third kappa shape index (κ3) is 3.35. The summed E-state index contributed by atoms with van der Waals surface area (Å²) in [6, 6.07) is 42.2. The summed E-state index contributed by atoms with van der Waals surface area (Å²) in [5.74, 6) is 0. The molecule has 0 aromatic heterocycles. The van der Waals surface area contributed by atoms with E-state index in [-0.39, 0.29) is 0 Å². The van der Waals surface area contributed by atoms with E-state index in [2.05, 4.69) is 145 Å². The molecule has 0 amide bonds. The van der Waals surface area contributed by atoms with Gasteiger partial charge in [0.15, 0.2) is 0 Å². The number of hydrogen-bond acceptors (Lipinski definition) is 0. The summed E-state index contributed by atoms with van der Waals surface area (Å²) in [6.07, 6.45) is 0. The van der Waals surface area contributed by atoms with Gasteiger partial charge in [0, 0.05) is 4.47 Å². The number of rotatable bonds is 2. The molecule has 0 aliphatic heterocycles. The molecule has 7 aromatic carbocycles. The van der Waals surface area contributed by atoms with Crippen LogP contribution < -0.4 is 0 Å². The van der Waals surface area contributed by atoms with Gasteiger partial charge in [0.05, 0.1) is 0 Å². The van der Waals surface area contributed by atoms with Gasteiger partial charge >= 0.3 is 0 Å². The molecule has 0 aliphatic rings. The summed E-state index contributed by atoms with van der Waals surface area (Å²) in [5, 5.41) is 10.4. The van der Waals surface area contributed by atoms with E-state index in [0.29, 0.717) is 0 Å². The molecular weight excluding hydrogens is 512 g/mol. The second-order valence-electron chi connectivity index (χ2n) is 9.87. The second-order valence-corrected chi connectivity index (χ2v) is 10.7. The van der Waals surface area contributed by atoms with Gasteiger partial charge in [-0.3, -0.25) is 0 Å². The molecule has 0 radical (unpaired) electrons. The number of benzene rings is 7. The van der Waals surface area contributed by atoms with Gasteiger partial charge in [0.25, 0.3) is 0 Å². The summed E-state index contributed by atoms with van der Waals surface area (Å²) in [4.78, 5) is 0. The van der Waals surface area contributed by atoms with Crippen LogP contribution in [0.1, 0.15) is 11.1 Å². The predicted octanol–water partition coefficient (Wildman–Crippen LogP) is 11.0. The van der Waals surface area contributed by atoms with Crippen molar-refractivity contribution in [2.45, 2.75) is 13.8 Å². The zero-order valence-electron chi connectivity index (χ0n) is 20.8. The molecule has 0 saturated heterocycles. The molecule has 1 heteroatoms. The molecule has 0 aliphatic carbocycles. The standard InChI is InChI=1S/C36H25Br/c1-22-25-16-17-26-23(2)34(37)21-20-29(26)28(25)19-18-27(22)36-32-14-8-6-12-30(32)35(24-10-4-3-5-11-24)31-13-7-9-15-33(31)36/h3-21H,1-2H3. The molecule has 0 saturated carbocycles. The minimum Gasteiger partial charge on any atom is -0.0622 e. The van der Waals surface area contributed by atoms with Gasteiger partial charge in [-0.25, -0.2) is 0 Å². The van der Waals surface area contributed by atoms with Crippen molar-refractivity contribution >= 4 is 59.0 Å². The van der Waals surface area contributed by atoms with Crippen LogP contribution in [-0.4, -0.2) is 0 Å². The van der Waals surface area contributed by atoms with Crippen LogP contribution in [0.4, 0.5) is 0 Å². The SMILES string of the molecule is Cc1c(Br)ccc2c1ccc1c(C)c(-c3c4ccccc4c(-c4ccccc4)c4ccccc34)ccc12. The van der Waals surface area contributed by atoms with E-state index in [0.717, 1.165) is 4.47 Å². The van der Waals surface area contributed by atoms with Gasteiger partial charge < -0.3 is 0 Å². The molecule has 7 rings (SSSR count). The van der Waals surface area contributed by atoms with Gasteiger partial charge in [0.2, 0.25) is 0 Å². The highest BCUT2D eigenvalue weighted by Crippen LogP contribution is 2.45. The Labute approximate surface area is 225 Å². The average Bonchev–Trinajstić information content (AvgIpc) is 2.94. The van der Waals surface area contributed by atoms with Crippen molar-refractivity contribution < 1.29 is 0 Å². The smallest absolute Gasteiger partial charge is 0.0210 e. The Bertz CT molecular complexity index is 1940. The Morgan fingerprint density at radius 3 is 1.43 bits per heavy atom. The van der Waals surface area contributed by atoms with Crippen molar-refractivity contribution in [2.24, 2.45) is 0 Å². The Morgan fingerprint density at radius 2 is 0.838 bits per heavy atom. The second kappa shape index (κ2) is 8.57. The maximum absolute atomic E-state index is 3.71. The Hall–Kier alpha value is -3.94. The summed E-state index contributed by atoms with van der Waals surface area (Å²) < 4.78 is 1.16. The molecule has 0 unspecified atom stereocenters. The minimum absolute atomic E-state index is 1.16. The van der Waals surface area contributed by atoms with Crippen molar-refractivity contribution in [3.8, 4) is 22.3 Å². The van der Waals surface area contributed by atoms with Gasteiger partial charge in [-0.05, 0) is 96.4 Å². The molecule has 0 spiro atoms. The highest BCUT2D eigenvalue weighted by Gasteiger charge is 2.18. The third-order valence-electron chi connectivity index (χ3n) is 7.93. The summed E-state index contributed by atoms with van der Waals surface area (Å²) in [5.41, 5.74) is 7.79. The molecule has 0 nitrogen and oxygen atoms in total. The first-order valence-electron chi connectivity index (χ1n) is 12.7. The van der Waals surface area contributed by atoms with Gasteiger partial charge in [-0.1, -0.05) is 125 Å². The zero-order valence-corrected chi connectivity index (χ0v) is 22.4. The van der Waals surface area contributed by atoms with Crippen LogP contribution in [0.5, 0.6) is 0 Å². The summed E-state index contributed by atoms with van der Waals surface area (Å²) >= 11 is 3.71. The molecule has 0 heterocycles. The highest BCUT2D eigenvalue weighted by atomic mass is 79.9. The van der Waals surface area contributed by atoms with Gasteiger partial charge in [-0.2, -0.15) is 0 Å². The first-order valence-corrected chi connectivity index (χ1v) is 13.5. The zero-order chi connectivity index (χ0) is 25.1. The lowest BCUT2D eigenvalue weighted by Crippen LogP contribution is -1.93. The normalized spacial score (nSPS) is 11.6. The van der Waals surface area contributed by atoms with Gasteiger partial charge in [-0.15, -0.1) is 0 Å². The first kappa shape index (κ1) is 22.3. The highest BCUT2D eigenvalue weighted by molar-refractivity contribution is 9.10. The quantitative estimate of drug-likeness (QED) is 0.152. The average molecular weight is 538 g/mol.